The molecule has 2 rings (SSSR count). The predicted molar refractivity (Wildman–Crippen MR) is 71.9 cm³/mol. The minimum absolute atomic E-state index is 0.0871. The van der Waals surface area contributed by atoms with Crippen molar-refractivity contribution < 1.29 is 9.52 Å². The number of aliphatic hydroxyl groups excluding tert-OH is 1. The van der Waals surface area contributed by atoms with E-state index in [1.807, 2.05) is 56.3 Å². The number of aromatic nitrogens is 1. The molecule has 0 aliphatic carbocycles. The maximum Gasteiger partial charge on any atom is 0.219 e. The molecule has 0 saturated carbocycles. The number of rotatable bonds is 4. The van der Waals surface area contributed by atoms with Crippen molar-refractivity contribution in [3.8, 4) is 0 Å². The molecule has 0 saturated heterocycles. The smallest absolute Gasteiger partial charge is 0.219 e. The summed E-state index contributed by atoms with van der Waals surface area (Å²) in [5.74, 6) is 1.51. The molecular formula is C15H17NO2. The normalized spacial score (nSPS) is 11.6. The minimum atomic E-state index is -0.0871. The number of benzene rings is 1. The number of nitrogens with zero attached hydrogens (tertiary/aromatic N) is 1. The van der Waals surface area contributed by atoms with E-state index in [-0.39, 0.29) is 12.5 Å². The largest absolute Gasteiger partial charge is 0.441 e. The molecule has 1 aromatic carbocycles. The first-order chi connectivity index (χ1) is 8.70. The fourth-order valence-corrected chi connectivity index (χ4v) is 1.75. The average molecular weight is 243 g/mol. The Balaban J connectivity index is 2.22. The van der Waals surface area contributed by atoms with Crippen LogP contribution < -0.4 is 0 Å². The molecule has 0 bridgehead atoms. The Bertz CT molecular complexity index is 527. The summed E-state index contributed by atoms with van der Waals surface area (Å²) in [5, 5.41) is 9.22. The lowest BCUT2D eigenvalue weighted by Crippen LogP contribution is -1.92. The number of hydrogen-bond donors (Lipinski definition) is 1. The van der Waals surface area contributed by atoms with Gasteiger partial charge in [-0.15, -0.1) is 0 Å². The zero-order valence-corrected chi connectivity index (χ0v) is 10.6. The molecule has 94 valence electrons. The SMILES string of the molecule is CC(C)c1oc(C=Cc2ccccc2)nc1CO. The van der Waals surface area contributed by atoms with Crippen LogP contribution >= 0.6 is 0 Å². The maximum absolute atomic E-state index is 9.22. The van der Waals surface area contributed by atoms with Crippen LogP contribution in [0.15, 0.2) is 34.7 Å². The fraction of sp³-hybridized carbons (Fsp3) is 0.267. The summed E-state index contributed by atoms with van der Waals surface area (Å²) >= 11 is 0. The molecule has 0 unspecified atom stereocenters. The lowest BCUT2D eigenvalue weighted by molar-refractivity contribution is 0.273. The van der Waals surface area contributed by atoms with Crippen molar-refractivity contribution in [2.45, 2.75) is 26.4 Å². The summed E-state index contributed by atoms with van der Waals surface area (Å²) in [7, 11) is 0. The lowest BCUT2D eigenvalue weighted by Gasteiger charge is -1.99. The second kappa shape index (κ2) is 5.65. The maximum atomic E-state index is 9.22. The monoisotopic (exact) mass is 243 g/mol. The van der Waals surface area contributed by atoms with Crippen molar-refractivity contribution in [2.24, 2.45) is 0 Å². The zero-order chi connectivity index (χ0) is 13.0. The summed E-state index contributed by atoms with van der Waals surface area (Å²) in [6.07, 6.45) is 3.76. The van der Waals surface area contributed by atoms with Crippen molar-refractivity contribution in [3.05, 3.63) is 53.2 Å². The summed E-state index contributed by atoms with van der Waals surface area (Å²) in [6, 6.07) is 9.95. The topological polar surface area (TPSA) is 46.3 Å². The van der Waals surface area contributed by atoms with Gasteiger partial charge in [-0.1, -0.05) is 44.2 Å². The quantitative estimate of drug-likeness (QED) is 0.894. The highest BCUT2D eigenvalue weighted by Crippen LogP contribution is 2.21. The molecule has 0 fully saturated rings. The van der Waals surface area contributed by atoms with Crippen LogP contribution in [0.3, 0.4) is 0 Å². The summed E-state index contributed by atoms with van der Waals surface area (Å²) < 4.78 is 5.63. The molecule has 0 aliphatic rings. The average Bonchev–Trinajstić information content (AvgIpc) is 2.81. The van der Waals surface area contributed by atoms with Crippen LogP contribution in [0.5, 0.6) is 0 Å². The predicted octanol–water partition coefficient (Wildman–Crippen LogP) is 3.46. The third-order valence-electron chi connectivity index (χ3n) is 2.64. The van der Waals surface area contributed by atoms with E-state index >= 15 is 0 Å². The van der Waals surface area contributed by atoms with Crippen LogP contribution in [-0.4, -0.2) is 10.1 Å². The molecule has 1 aromatic heterocycles. The molecule has 3 heteroatoms. The van der Waals surface area contributed by atoms with Gasteiger partial charge in [0.05, 0.1) is 6.61 Å². The molecule has 1 N–H and O–H groups in total. The van der Waals surface area contributed by atoms with Crippen LogP contribution in [0.2, 0.25) is 0 Å². The Labute approximate surface area is 107 Å². The second-order valence-corrected chi connectivity index (χ2v) is 4.42. The van der Waals surface area contributed by atoms with Crippen molar-refractivity contribution in [3.63, 3.8) is 0 Å². The molecule has 0 aliphatic heterocycles. The van der Waals surface area contributed by atoms with Gasteiger partial charge >= 0.3 is 0 Å². The number of hydrogen-bond acceptors (Lipinski definition) is 3. The van der Waals surface area contributed by atoms with Crippen LogP contribution in [0.25, 0.3) is 12.2 Å². The molecule has 0 atom stereocenters. The van der Waals surface area contributed by atoms with Gasteiger partial charge in [0.1, 0.15) is 11.5 Å². The second-order valence-electron chi connectivity index (χ2n) is 4.42. The van der Waals surface area contributed by atoms with Crippen LogP contribution in [0, 0.1) is 0 Å². The Morgan fingerprint density at radius 2 is 1.94 bits per heavy atom. The van der Waals surface area contributed by atoms with E-state index in [0.717, 1.165) is 11.3 Å². The van der Waals surface area contributed by atoms with E-state index < -0.39 is 0 Å². The number of oxazole rings is 1. The van der Waals surface area contributed by atoms with Gasteiger partial charge in [-0.05, 0) is 11.6 Å². The first-order valence-corrected chi connectivity index (χ1v) is 6.04. The highest BCUT2D eigenvalue weighted by molar-refractivity contribution is 5.65. The van der Waals surface area contributed by atoms with Crippen molar-refractivity contribution in [1.82, 2.24) is 4.98 Å². The van der Waals surface area contributed by atoms with E-state index in [9.17, 15) is 5.11 Å². The van der Waals surface area contributed by atoms with Crippen LogP contribution in [0.1, 0.15) is 42.7 Å². The van der Waals surface area contributed by atoms with Gasteiger partial charge in [0.2, 0.25) is 5.89 Å². The Hall–Kier alpha value is -1.87. The first-order valence-electron chi connectivity index (χ1n) is 6.04. The van der Waals surface area contributed by atoms with Gasteiger partial charge < -0.3 is 9.52 Å². The van der Waals surface area contributed by atoms with Gasteiger partial charge in [0.25, 0.3) is 0 Å². The first kappa shape index (κ1) is 12.6. The van der Waals surface area contributed by atoms with Crippen LogP contribution in [-0.2, 0) is 6.61 Å². The van der Waals surface area contributed by atoms with E-state index in [1.54, 1.807) is 0 Å². The standard InChI is InChI=1S/C15H17NO2/c1-11(2)15-13(10-17)16-14(18-15)9-8-12-6-4-3-5-7-12/h3-9,11,17H,10H2,1-2H3. The highest BCUT2D eigenvalue weighted by Gasteiger charge is 2.13. The van der Waals surface area contributed by atoms with Gasteiger partial charge in [0.15, 0.2) is 0 Å². The summed E-state index contributed by atoms with van der Waals surface area (Å²) in [6.45, 7) is 3.95. The van der Waals surface area contributed by atoms with Crippen molar-refractivity contribution in [1.29, 1.82) is 0 Å². The van der Waals surface area contributed by atoms with Crippen molar-refractivity contribution in [2.75, 3.05) is 0 Å². The molecular weight excluding hydrogens is 226 g/mol. The highest BCUT2D eigenvalue weighted by atomic mass is 16.4. The molecule has 18 heavy (non-hydrogen) atoms. The molecule has 1 heterocycles. The van der Waals surface area contributed by atoms with Gasteiger partial charge in [0, 0.05) is 12.0 Å². The molecule has 0 radical (unpaired) electrons. The lowest BCUT2D eigenvalue weighted by atomic mass is 10.1. The van der Waals surface area contributed by atoms with E-state index in [1.165, 1.54) is 0 Å². The third kappa shape index (κ3) is 2.87. The van der Waals surface area contributed by atoms with Crippen LogP contribution in [0.4, 0.5) is 0 Å². The molecule has 0 amide bonds. The Morgan fingerprint density at radius 1 is 1.22 bits per heavy atom. The number of aliphatic hydroxyl groups is 1. The van der Waals surface area contributed by atoms with E-state index in [0.29, 0.717) is 11.6 Å². The fourth-order valence-electron chi connectivity index (χ4n) is 1.75. The Morgan fingerprint density at radius 3 is 2.50 bits per heavy atom. The minimum Gasteiger partial charge on any atom is -0.441 e. The van der Waals surface area contributed by atoms with Gasteiger partial charge in [-0.2, -0.15) is 0 Å². The van der Waals surface area contributed by atoms with E-state index in [2.05, 4.69) is 4.98 Å². The zero-order valence-electron chi connectivity index (χ0n) is 10.6. The molecule has 3 nitrogen and oxygen atoms in total. The molecule has 2 aromatic rings. The Kier molecular flexibility index (Phi) is 3.95. The van der Waals surface area contributed by atoms with Gasteiger partial charge in [-0.3, -0.25) is 0 Å². The summed E-state index contributed by atoms with van der Waals surface area (Å²) in [5.41, 5.74) is 1.71. The van der Waals surface area contributed by atoms with Crippen molar-refractivity contribution >= 4 is 12.2 Å². The summed E-state index contributed by atoms with van der Waals surface area (Å²) in [4.78, 5) is 4.26. The third-order valence-corrected chi connectivity index (χ3v) is 2.64. The molecule has 0 spiro atoms. The van der Waals surface area contributed by atoms with Gasteiger partial charge in [-0.25, -0.2) is 4.98 Å². The van der Waals surface area contributed by atoms with E-state index in [4.69, 9.17) is 4.42 Å².